The van der Waals surface area contributed by atoms with Crippen LogP contribution in [-0.2, 0) is 16.8 Å². The predicted octanol–water partition coefficient (Wildman–Crippen LogP) is 1.22. The molecular weight excluding hydrogens is 260 g/mol. The summed E-state index contributed by atoms with van der Waals surface area (Å²) in [6.07, 6.45) is 0.233. The van der Waals surface area contributed by atoms with E-state index in [4.69, 9.17) is 4.74 Å². The maximum Gasteiger partial charge on any atom is 0.318 e. The van der Waals surface area contributed by atoms with E-state index >= 15 is 0 Å². The van der Waals surface area contributed by atoms with E-state index in [1.165, 1.54) is 6.07 Å². The third kappa shape index (κ3) is 1.47. The number of esters is 1. The minimum absolute atomic E-state index is 0.0193. The van der Waals surface area contributed by atoms with Crippen molar-refractivity contribution in [1.82, 2.24) is 0 Å². The number of fused-ring (bicyclic) bond motifs is 3. The van der Waals surface area contributed by atoms with Crippen molar-refractivity contribution in [2.24, 2.45) is 5.41 Å². The predicted molar refractivity (Wildman–Crippen MR) is 70.4 cm³/mol. The second-order valence-corrected chi connectivity index (χ2v) is 6.25. The molecule has 3 atom stereocenters. The number of hydrogen-bond donors (Lipinski definition) is 3. The maximum absolute atomic E-state index is 12.3. The molecule has 0 aromatic heterocycles. The minimum Gasteiger partial charge on any atom is -0.508 e. The van der Waals surface area contributed by atoms with E-state index in [1.54, 1.807) is 13.0 Å². The zero-order valence-corrected chi connectivity index (χ0v) is 11.5. The maximum atomic E-state index is 12.3. The summed E-state index contributed by atoms with van der Waals surface area (Å²) in [5, 5.41) is 29.1. The standard InChI is InChI=1S/C15H18O5/c1-14-5-9(17)6-15(14,2)13(19)20-12-3-8(7-16)11(18)4-10(12)14/h3-4,9,16-18H,5-7H2,1-2H3/t9-,14-,15-/m1/s1. The molecule has 0 spiro atoms. The zero-order chi connectivity index (χ0) is 14.7. The summed E-state index contributed by atoms with van der Waals surface area (Å²) in [5.41, 5.74) is -0.345. The Morgan fingerprint density at radius 2 is 1.95 bits per heavy atom. The van der Waals surface area contributed by atoms with Crippen molar-refractivity contribution in [3.05, 3.63) is 23.3 Å². The quantitative estimate of drug-likeness (QED) is 0.531. The van der Waals surface area contributed by atoms with Crippen LogP contribution < -0.4 is 4.74 Å². The third-order valence-electron chi connectivity index (χ3n) is 5.10. The summed E-state index contributed by atoms with van der Waals surface area (Å²) in [6.45, 7) is 3.39. The molecule has 3 N–H and O–H groups in total. The van der Waals surface area contributed by atoms with Gasteiger partial charge in [0.2, 0.25) is 0 Å². The van der Waals surface area contributed by atoms with Gasteiger partial charge in [0.1, 0.15) is 11.5 Å². The number of aliphatic hydroxyl groups is 2. The van der Waals surface area contributed by atoms with Crippen molar-refractivity contribution in [1.29, 1.82) is 0 Å². The molecular formula is C15H18O5. The molecule has 1 aliphatic heterocycles. The lowest BCUT2D eigenvalue weighted by Crippen LogP contribution is -2.48. The van der Waals surface area contributed by atoms with Crippen molar-refractivity contribution in [2.75, 3.05) is 0 Å². The van der Waals surface area contributed by atoms with Crippen molar-refractivity contribution in [3.8, 4) is 11.5 Å². The van der Waals surface area contributed by atoms with Crippen LogP contribution in [0.5, 0.6) is 11.5 Å². The Hall–Kier alpha value is -1.59. The molecule has 0 unspecified atom stereocenters. The Bertz CT molecular complexity index is 596. The molecule has 1 fully saturated rings. The number of aliphatic hydroxyl groups excluding tert-OH is 2. The smallest absolute Gasteiger partial charge is 0.318 e. The highest BCUT2D eigenvalue weighted by Gasteiger charge is 2.61. The number of carbonyl (C=O) groups is 1. The highest BCUT2D eigenvalue weighted by atomic mass is 16.5. The fraction of sp³-hybridized carbons (Fsp3) is 0.533. The molecule has 1 aliphatic carbocycles. The van der Waals surface area contributed by atoms with E-state index in [0.29, 0.717) is 29.7 Å². The SMILES string of the molecule is C[C@]12C[C@H](O)C[C@]1(C)c1cc(O)c(CO)cc1OC2=O. The molecule has 0 saturated heterocycles. The van der Waals surface area contributed by atoms with Crippen molar-refractivity contribution < 1.29 is 24.9 Å². The van der Waals surface area contributed by atoms with Crippen molar-refractivity contribution >= 4 is 5.97 Å². The lowest BCUT2D eigenvalue weighted by Gasteiger charge is -2.43. The van der Waals surface area contributed by atoms with Crippen LogP contribution in [0.15, 0.2) is 12.1 Å². The average molecular weight is 278 g/mol. The van der Waals surface area contributed by atoms with E-state index in [2.05, 4.69) is 0 Å². The van der Waals surface area contributed by atoms with Gasteiger partial charge in [0.15, 0.2) is 0 Å². The fourth-order valence-corrected chi connectivity index (χ4v) is 3.65. The van der Waals surface area contributed by atoms with Gasteiger partial charge in [0, 0.05) is 16.5 Å². The van der Waals surface area contributed by atoms with Gasteiger partial charge >= 0.3 is 5.97 Å². The first-order valence-corrected chi connectivity index (χ1v) is 6.69. The Kier molecular flexibility index (Phi) is 2.65. The van der Waals surface area contributed by atoms with Gasteiger partial charge in [0.05, 0.1) is 18.1 Å². The summed E-state index contributed by atoms with van der Waals surface area (Å²) in [7, 11) is 0. The Balaban J connectivity index is 2.23. The molecule has 0 bridgehead atoms. The van der Waals surface area contributed by atoms with Crippen LogP contribution in [0.3, 0.4) is 0 Å². The first-order chi connectivity index (χ1) is 9.31. The highest BCUT2D eigenvalue weighted by molar-refractivity contribution is 5.85. The number of ether oxygens (including phenoxy) is 1. The van der Waals surface area contributed by atoms with Gasteiger partial charge in [-0.25, -0.2) is 0 Å². The molecule has 5 heteroatoms. The summed E-state index contributed by atoms with van der Waals surface area (Å²) >= 11 is 0. The van der Waals surface area contributed by atoms with Gasteiger partial charge < -0.3 is 20.1 Å². The molecule has 0 radical (unpaired) electrons. The molecule has 1 aromatic rings. The van der Waals surface area contributed by atoms with Gasteiger partial charge in [0.25, 0.3) is 0 Å². The van der Waals surface area contributed by atoms with E-state index in [0.717, 1.165) is 0 Å². The van der Waals surface area contributed by atoms with Crippen molar-refractivity contribution in [3.63, 3.8) is 0 Å². The van der Waals surface area contributed by atoms with Gasteiger partial charge in [-0.2, -0.15) is 0 Å². The lowest BCUT2D eigenvalue weighted by atomic mass is 9.62. The minimum atomic E-state index is -0.799. The highest BCUT2D eigenvalue weighted by Crippen LogP contribution is 2.59. The van der Waals surface area contributed by atoms with Crippen LogP contribution in [0.2, 0.25) is 0 Å². The molecule has 1 aromatic carbocycles. The first kappa shape index (κ1) is 13.4. The third-order valence-corrected chi connectivity index (χ3v) is 5.10. The summed E-state index contributed by atoms with van der Waals surface area (Å²) < 4.78 is 5.39. The van der Waals surface area contributed by atoms with Gasteiger partial charge in [-0.3, -0.25) is 4.79 Å². The number of carbonyl (C=O) groups excluding carboxylic acids is 1. The van der Waals surface area contributed by atoms with Crippen LogP contribution in [0.4, 0.5) is 0 Å². The number of benzene rings is 1. The average Bonchev–Trinajstić information content (AvgIpc) is 2.62. The summed E-state index contributed by atoms with van der Waals surface area (Å²) in [5.74, 6) is -0.0151. The van der Waals surface area contributed by atoms with Crippen molar-refractivity contribution in [2.45, 2.75) is 44.8 Å². The van der Waals surface area contributed by atoms with Crippen LogP contribution in [0.25, 0.3) is 0 Å². The summed E-state index contributed by atoms with van der Waals surface area (Å²) in [4.78, 5) is 12.3. The fourth-order valence-electron chi connectivity index (χ4n) is 3.65. The van der Waals surface area contributed by atoms with Crippen LogP contribution in [-0.4, -0.2) is 27.4 Å². The second kappa shape index (κ2) is 3.96. The Morgan fingerprint density at radius 3 is 2.60 bits per heavy atom. The second-order valence-electron chi connectivity index (χ2n) is 6.25. The molecule has 1 saturated carbocycles. The van der Waals surface area contributed by atoms with E-state index < -0.39 is 16.9 Å². The molecule has 1 heterocycles. The molecule has 3 rings (SSSR count). The first-order valence-electron chi connectivity index (χ1n) is 6.69. The molecule has 5 nitrogen and oxygen atoms in total. The number of hydrogen-bond acceptors (Lipinski definition) is 5. The van der Waals surface area contributed by atoms with Crippen LogP contribution in [0, 0.1) is 5.41 Å². The zero-order valence-electron chi connectivity index (χ0n) is 11.5. The number of phenols is 1. The molecule has 2 aliphatic rings. The molecule has 108 valence electrons. The van der Waals surface area contributed by atoms with E-state index in [1.807, 2.05) is 6.92 Å². The normalized spacial score (nSPS) is 35.4. The van der Waals surface area contributed by atoms with E-state index in [-0.39, 0.29) is 18.3 Å². The summed E-state index contributed by atoms with van der Waals surface area (Å²) in [6, 6.07) is 3.04. The van der Waals surface area contributed by atoms with Gasteiger partial charge in [-0.1, -0.05) is 6.92 Å². The molecule has 20 heavy (non-hydrogen) atoms. The monoisotopic (exact) mass is 278 g/mol. The van der Waals surface area contributed by atoms with Crippen LogP contribution >= 0.6 is 0 Å². The van der Waals surface area contributed by atoms with Crippen LogP contribution in [0.1, 0.15) is 37.8 Å². The Morgan fingerprint density at radius 1 is 1.30 bits per heavy atom. The topological polar surface area (TPSA) is 87.0 Å². The van der Waals surface area contributed by atoms with Gasteiger partial charge in [-0.05, 0) is 31.9 Å². The largest absolute Gasteiger partial charge is 0.508 e. The number of aromatic hydroxyl groups is 1. The number of rotatable bonds is 1. The lowest BCUT2D eigenvalue weighted by molar-refractivity contribution is -0.150. The van der Waals surface area contributed by atoms with E-state index in [9.17, 15) is 20.1 Å². The Labute approximate surface area is 116 Å². The van der Waals surface area contributed by atoms with Gasteiger partial charge in [-0.15, -0.1) is 0 Å². The molecule has 0 amide bonds.